The van der Waals surface area contributed by atoms with Crippen LogP contribution in [-0.2, 0) is 16.8 Å². The summed E-state index contributed by atoms with van der Waals surface area (Å²) in [5, 5.41) is 5.29. The lowest BCUT2D eigenvalue weighted by Crippen LogP contribution is -2.50. The molecule has 4 nitrogen and oxygen atoms in total. The molecule has 2 amide bonds. The van der Waals surface area contributed by atoms with Gasteiger partial charge in [-0.15, -0.1) is 11.3 Å². The Morgan fingerprint density at radius 2 is 2.00 bits per heavy atom. The Bertz CT molecular complexity index is 735. The van der Waals surface area contributed by atoms with Gasteiger partial charge in [-0.25, -0.2) is 4.79 Å². The van der Waals surface area contributed by atoms with Gasteiger partial charge in [-0.05, 0) is 48.8 Å². The number of urea groups is 1. The van der Waals surface area contributed by atoms with E-state index in [-0.39, 0.29) is 17.7 Å². The van der Waals surface area contributed by atoms with E-state index in [1.807, 2.05) is 42.2 Å². The van der Waals surface area contributed by atoms with Gasteiger partial charge in [-0.3, -0.25) is 0 Å². The van der Waals surface area contributed by atoms with Crippen molar-refractivity contribution in [1.29, 1.82) is 0 Å². The molecule has 1 aromatic carbocycles. The molecule has 4 rings (SSSR count). The summed E-state index contributed by atoms with van der Waals surface area (Å²) in [6.45, 7) is 4.30. The molecule has 5 heteroatoms. The second-order valence-electron chi connectivity index (χ2n) is 6.94. The zero-order valence-corrected chi connectivity index (χ0v) is 15.3. The number of rotatable bonds is 2. The average molecular weight is 356 g/mol. The molecule has 1 fully saturated rings. The van der Waals surface area contributed by atoms with Gasteiger partial charge in [0.1, 0.15) is 5.60 Å². The second-order valence-corrected chi connectivity index (χ2v) is 7.85. The van der Waals surface area contributed by atoms with E-state index in [2.05, 4.69) is 16.8 Å². The number of hydrogen-bond acceptors (Lipinski definition) is 3. The number of carbonyl (C=O) groups is 1. The number of likely N-dealkylation sites (tertiary alicyclic amines) is 1. The third-order valence-electron chi connectivity index (χ3n) is 5.41. The molecule has 1 saturated heterocycles. The summed E-state index contributed by atoms with van der Waals surface area (Å²) in [4.78, 5) is 15.9. The predicted octanol–water partition coefficient (Wildman–Crippen LogP) is 4.08. The highest BCUT2D eigenvalue weighted by molar-refractivity contribution is 7.10. The number of nitrogens with zero attached hydrogens (tertiary/aromatic N) is 1. The van der Waals surface area contributed by atoms with Gasteiger partial charge in [-0.2, -0.15) is 0 Å². The van der Waals surface area contributed by atoms with E-state index in [1.54, 1.807) is 11.3 Å². The quantitative estimate of drug-likeness (QED) is 0.881. The summed E-state index contributed by atoms with van der Waals surface area (Å²) in [5.74, 6) is 0. The first kappa shape index (κ1) is 16.6. The van der Waals surface area contributed by atoms with Crippen molar-refractivity contribution in [2.45, 2.75) is 37.8 Å². The van der Waals surface area contributed by atoms with E-state index < -0.39 is 0 Å². The molecule has 2 aliphatic heterocycles. The molecule has 25 heavy (non-hydrogen) atoms. The molecule has 0 radical (unpaired) electrons. The van der Waals surface area contributed by atoms with Crippen LogP contribution in [0, 0.1) is 0 Å². The van der Waals surface area contributed by atoms with E-state index >= 15 is 0 Å². The Labute approximate surface area is 152 Å². The molecule has 1 aromatic heterocycles. The van der Waals surface area contributed by atoms with Gasteiger partial charge in [-0.1, -0.05) is 30.3 Å². The smallest absolute Gasteiger partial charge is 0.317 e. The fourth-order valence-corrected chi connectivity index (χ4v) is 5.07. The lowest BCUT2D eigenvalue weighted by molar-refractivity contribution is -0.0897. The Morgan fingerprint density at radius 3 is 2.76 bits per heavy atom. The highest BCUT2D eigenvalue weighted by atomic mass is 32.1. The number of ether oxygens (including phenoxy) is 1. The summed E-state index contributed by atoms with van der Waals surface area (Å²) in [5.41, 5.74) is 2.40. The SMILES string of the molecule is C[C@@H](NC(=O)N1CCC2(CC1)OCCc1ccsc12)c1ccccc1. The van der Waals surface area contributed by atoms with Crippen LogP contribution < -0.4 is 5.32 Å². The zero-order valence-electron chi connectivity index (χ0n) is 14.5. The Balaban J connectivity index is 1.39. The molecular formula is C20H24N2O2S. The number of nitrogens with one attached hydrogen (secondary N) is 1. The van der Waals surface area contributed by atoms with Crippen molar-refractivity contribution >= 4 is 17.4 Å². The van der Waals surface area contributed by atoms with E-state index in [1.165, 1.54) is 10.4 Å². The monoisotopic (exact) mass is 356 g/mol. The van der Waals surface area contributed by atoms with Crippen molar-refractivity contribution in [2.75, 3.05) is 19.7 Å². The van der Waals surface area contributed by atoms with E-state index in [4.69, 9.17) is 4.74 Å². The average Bonchev–Trinajstić information content (AvgIpc) is 3.13. The number of piperidine rings is 1. The molecule has 0 aliphatic carbocycles. The van der Waals surface area contributed by atoms with Crippen LogP contribution in [0.15, 0.2) is 41.8 Å². The summed E-state index contributed by atoms with van der Waals surface area (Å²) in [6.07, 6.45) is 2.78. The molecule has 3 heterocycles. The van der Waals surface area contributed by atoms with Crippen LogP contribution in [0.25, 0.3) is 0 Å². The molecule has 0 saturated carbocycles. The van der Waals surface area contributed by atoms with Crippen molar-refractivity contribution in [2.24, 2.45) is 0 Å². The van der Waals surface area contributed by atoms with Crippen LogP contribution in [0.5, 0.6) is 0 Å². The van der Waals surface area contributed by atoms with Gasteiger partial charge in [0, 0.05) is 18.0 Å². The Morgan fingerprint density at radius 1 is 1.24 bits per heavy atom. The predicted molar refractivity (Wildman–Crippen MR) is 99.8 cm³/mol. The number of thiophene rings is 1. The number of hydrogen-bond donors (Lipinski definition) is 1. The lowest BCUT2D eigenvalue weighted by Gasteiger charge is -2.43. The van der Waals surface area contributed by atoms with Crippen molar-refractivity contribution in [3.8, 4) is 0 Å². The summed E-state index contributed by atoms with van der Waals surface area (Å²) >= 11 is 1.80. The normalized spacial score (nSPS) is 20.1. The first-order chi connectivity index (χ1) is 12.2. The van der Waals surface area contributed by atoms with Crippen molar-refractivity contribution < 1.29 is 9.53 Å². The summed E-state index contributed by atoms with van der Waals surface area (Å²) in [7, 11) is 0. The molecule has 2 aliphatic rings. The van der Waals surface area contributed by atoms with Crippen molar-refractivity contribution in [3.05, 3.63) is 57.8 Å². The molecule has 132 valence electrons. The first-order valence-corrected chi connectivity index (χ1v) is 9.87. The number of fused-ring (bicyclic) bond motifs is 2. The standard InChI is InChI=1S/C20H24N2O2S/c1-15(16-5-3-2-4-6-16)21-19(23)22-11-9-20(10-12-22)18-17(7-13-24-20)8-14-25-18/h2-6,8,14-15H,7,9-13H2,1H3,(H,21,23)/t15-/m1/s1. The highest BCUT2D eigenvalue weighted by Crippen LogP contribution is 2.44. The molecule has 2 aromatic rings. The topological polar surface area (TPSA) is 41.6 Å². The van der Waals surface area contributed by atoms with Gasteiger partial charge >= 0.3 is 6.03 Å². The van der Waals surface area contributed by atoms with Gasteiger partial charge in [0.05, 0.1) is 12.6 Å². The largest absolute Gasteiger partial charge is 0.369 e. The Hall–Kier alpha value is -1.85. The molecule has 0 bridgehead atoms. The van der Waals surface area contributed by atoms with Gasteiger partial charge in [0.25, 0.3) is 0 Å². The van der Waals surface area contributed by atoms with E-state index in [9.17, 15) is 4.79 Å². The third-order valence-corrected chi connectivity index (χ3v) is 6.55. The fraction of sp³-hybridized carbons (Fsp3) is 0.450. The minimum absolute atomic E-state index is 0.0133. The van der Waals surface area contributed by atoms with Crippen LogP contribution in [0.4, 0.5) is 4.79 Å². The summed E-state index contributed by atoms with van der Waals surface area (Å²) < 4.78 is 6.22. The number of carbonyl (C=O) groups excluding carboxylic acids is 1. The van der Waals surface area contributed by atoms with Crippen molar-refractivity contribution in [1.82, 2.24) is 10.2 Å². The zero-order chi connectivity index (χ0) is 17.3. The maximum absolute atomic E-state index is 12.6. The molecule has 1 atom stereocenters. The maximum atomic E-state index is 12.6. The third kappa shape index (κ3) is 3.18. The maximum Gasteiger partial charge on any atom is 0.317 e. The van der Waals surface area contributed by atoms with E-state index in [0.717, 1.165) is 44.5 Å². The summed E-state index contributed by atoms with van der Waals surface area (Å²) in [6, 6.07) is 12.3. The van der Waals surface area contributed by atoms with Crippen LogP contribution in [0.1, 0.15) is 41.8 Å². The van der Waals surface area contributed by atoms with Crippen LogP contribution in [0.3, 0.4) is 0 Å². The van der Waals surface area contributed by atoms with Gasteiger partial charge < -0.3 is 15.0 Å². The van der Waals surface area contributed by atoms with Gasteiger partial charge in [0.15, 0.2) is 0 Å². The van der Waals surface area contributed by atoms with Gasteiger partial charge in [0.2, 0.25) is 0 Å². The molecule has 0 unspecified atom stereocenters. The minimum atomic E-state index is -0.163. The van der Waals surface area contributed by atoms with Crippen molar-refractivity contribution in [3.63, 3.8) is 0 Å². The van der Waals surface area contributed by atoms with Crippen LogP contribution >= 0.6 is 11.3 Å². The highest BCUT2D eigenvalue weighted by Gasteiger charge is 2.42. The van der Waals surface area contributed by atoms with Crippen LogP contribution in [-0.4, -0.2) is 30.6 Å². The van der Waals surface area contributed by atoms with E-state index in [0.29, 0.717) is 0 Å². The number of benzene rings is 1. The number of amides is 2. The minimum Gasteiger partial charge on any atom is -0.369 e. The lowest BCUT2D eigenvalue weighted by atomic mass is 9.85. The first-order valence-electron chi connectivity index (χ1n) is 8.99. The van der Waals surface area contributed by atoms with Crippen LogP contribution in [0.2, 0.25) is 0 Å². The molecule has 1 N–H and O–H groups in total. The Kier molecular flexibility index (Phi) is 4.52. The molecule has 1 spiro atoms. The fourth-order valence-electron chi connectivity index (χ4n) is 3.90. The molecular weight excluding hydrogens is 332 g/mol. The second kappa shape index (κ2) is 6.81.